The van der Waals surface area contributed by atoms with Crippen LogP contribution in [0.1, 0.15) is 26.3 Å². The molecule has 0 atom stereocenters. The van der Waals surface area contributed by atoms with Crippen LogP contribution in [0.4, 0.5) is 0 Å². The number of benzene rings is 1. The average molecular weight is 210 g/mol. The highest BCUT2D eigenvalue weighted by Gasteiger charge is 2.29. The standard InChI is InChI=1S/C13H22S/c1-11-7-9-12(10-8-11)14(5,6)13(2,3)4/h7-10H,1-6H3. The molecule has 14 heavy (non-hydrogen) atoms. The molecule has 1 aromatic carbocycles. The van der Waals surface area contributed by atoms with E-state index in [-0.39, 0.29) is 0 Å². The molecule has 0 N–H and O–H groups in total. The molecule has 0 nitrogen and oxygen atoms in total. The van der Waals surface area contributed by atoms with E-state index < -0.39 is 10.0 Å². The Kier molecular flexibility index (Phi) is 3.01. The van der Waals surface area contributed by atoms with Gasteiger partial charge in [0.2, 0.25) is 0 Å². The van der Waals surface area contributed by atoms with Gasteiger partial charge in [-0.2, -0.15) is 0 Å². The minimum absolute atomic E-state index is 0.377. The lowest BCUT2D eigenvalue weighted by Crippen LogP contribution is -2.23. The van der Waals surface area contributed by atoms with Crippen LogP contribution in [0.3, 0.4) is 0 Å². The molecule has 0 fully saturated rings. The summed E-state index contributed by atoms with van der Waals surface area (Å²) in [5.74, 6) is 0. The lowest BCUT2D eigenvalue weighted by molar-refractivity contribution is 0.786. The van der Waals surface area contributed by atoms with Gasteiger partial charge in [-0.25, -0.2) is 10.0 Å². The van der Waals surface area contributed by atoms with Gasteiger partial charge in [0.25, 0.3) is 0 Å². The van der Waals surface area contributed by atoms with Crippen LogP contribution in [-0.4, -0.2) is 17.3 Å². The SMILES string of the molecule is Cc1ccc(S(C)(C)C(C)(C)C)cc1. The number of hydrogen-bond donors (Lipinski definition) is 0. The van der Waals surface area contributed by atoms with E-state index in [4.69, 9.17) is 0 Å². The molecule has 0 bridgehead atoms. The Balaban J connectivity index is 3.10. The normalized spacial score (nSPS) is 14.1. The van der Waals surface area contributed by atoms with Crippen molar-refractivity contribution in [2.24, 2.45) is 0 Å². The maximum absolute atomic E-state index is 2.40. The molecule has 0 spiro atoms. The van der Waals surface area contributed by atoms with Gasteiger partial charge in [-0.05, 0) is 41.2 Å². The molecule has 0 amide bonds. The van der Waals surface area contributed by atoms with E-state index in [1.165, 1.54) is 10.5 Å². The zero-order valence-electron chi connectivity index (χ0n) is 10.2. The molecular formula is C13H22S. The zero-order valence-corrected chi connectivity index (χ0v) is 11.0. The van der Waals surface area contributed by atoms with Crippen LogP contribution in [0, 0.1) is 6.92 Å². The van der Waals surface area contributed by atoms with E-state index in [2.05, 4.69) is 64.5 Å². The Morgan fingerprint density at radius 3 is 1.71 bits per heavy atom. The largest absolute Gasteiger partial charge is 0.215 e. The molecule has 0 radical (unpaired) electrons. The molecule has 1 heteroatoms. The van der Waals surface area contributed by atoms with Gasteiger partial charge in [0.05, 0.1) is 0 Å². The Morgan fingerprint density at radius 1 is 0.929 bits per heavy atom. The van der Waals surface area contributed by atoms with E-state index >= 15 is 0 Å². The summed E-state index contributed by atoms with van der Waals surface area (Å²) in [6.45, 7) is 9.15. The second-order valence-electron chi connectivity index (χ2n) is 5.25. The van der Waals surface area contributed by atoms with Crippen molar-refractivity contribution in [3.8, 4) is 0 Å². The first-order chi connectivity index (χ1) is 6.25. The fourth-order valence-corrected chi connectivity index (χ4v) is 2.76. The molecule has 0 heterocycles. The van der Waals surface area contributed by atoms with E-state index in [0.29, 0.717) is 4.75 Å². The summed E-state index contributed by atoms with van der Waals surface area (Å²) in [6, 6.07) is 9.01. The number of aryl methyl sites for hydroxylation is 1. The zero-order chi connectivity index (χ0) is 11.0. The summed E-state index contributed by atoms with van der Waals surface area (Å²) in [7, 11) is -0.693. The second kappa shape index (κ2) is 3.62. The number of rotatable bonds is 1. The molecule has 0 saturated carbocycles. The van der Waals surface area contributed by atoms with Crippen molar-refractivity contribution < 1.29 is 0 Å². The monoisotopic (exact) mass is 210 g/mol. The van der Waals surface area contributed by atoms with Gasteiger partial charge < -0.3 is 0 Å². The van der Waals surface area contributed by atoms with Crippen molar-refractivity contribution in [3.63, 3.8) is 0 Å². The molecule has 0 aliphatic carbocycles. The fraction of sp³-hybridized carbons (Fsp3) is 0.538. The predicted octanol–water partition coefficient (Wildman–Crippen LogP) is 4.22. The van der Waals surface area contributed by atoms with Crippen LogP contribution >= 0.6 is 10.0 Å². The molecule has 1 aromatic rings. The first-order valence-corrected chi connectivity index (χ1v) is 7.50. The molecule has 1 rings (SSSR count). The minimum Gasteiger partial charge on any atom is -0.215 e. The highest BCUT2D eigenvalue weighted by atomic mass is 32.3. The Bertz CT molecular complexity index is 301. The Labute approximate surface area is 90.0 Å². The molecule has 0 saturated heterocycles. The van der Waals surface area contributed by atoms with Gasteiger partial charge in [-0.3, -0.25) is 0 Å². The maximum atomic E-state index is 2.40. The van der Waals surface area contributed by atoms with Crippen LogP contribution in [0.5, 0.6) is 0 Å². The lowest BCUT2D eigenvalue weighted by atomic mass is 10.2. The fourth-order valence-electron chi connectivity index (χ4n) is 1.23. The quantitative estimate of drug-likeness (QED) is 0.651. The van der Waals surface area contributed by atoms with Crippen LogP contribution in [0.2, 0.25) is 0 Å². The van der Waals surface area contributed by atoms with Crippen LogP contribution < -0.4 is 0 Å². The van der Waals surface area contributed by atoms with Crippen molar-refractivity contribution >= 4 is 10.0 Å². The first kappa shape index (κ1) is 11.6. The predicted molar refractivity (Wildman–Crippen MR) is 68.6 cm³/mol. The highest BCUT2D eigenvalue weighted by molar-refractivity contribution is 8.33. The van der Waals surface area contributed by atoms with Crippen molar-refractivity contribution in [1.29, 1.82) is 0 Å². The molecule has 80 valence electrons. The van der Waals surface area contributed by atoms with Crippen LogP contribution in [0.25, 0.3) is 0 Å². The molecule has 0 aliphatic heterocycles. The Morgan fingerprint density at radius 2 is 1.36 bits per heavy atom. The average Bonchev–Trinajstić information content (AvgIpc) is 2.03. The van der Waals surface area contributed by atoms with Crippen LogP contribution in [-0.2, 0) is 0 Å². The summed E-state index contributed by atoms with van der Waals surface area (Å²) >= 11 is 0. The molecule has 0 aliphatic rings. The van der Waals surface area contributed by atoms with E-state index in [1.54, 1.807) is 0 Å². The van der Waals surface area contributed by atoms with Crippen LogP contribution in [0.15, 0.2) is 29.2 Å². The molecule has 0 unspecified atom stereocenters. The molecule has 0 aromatic heterocycles. The van der Waals surface area contributed by atoms with E-state index in [1.807, 2.05) is 0 Å². The van der Waals surface area contributed by atoms with Crippen molar-refractivity contribution in [2.45, 2.75) is 37.3 Å². The lowest BCUT2D eigenvalue weighted by Gasteiger charge is -2.45. The summed E-state index contributed by atoms with van der Waals surface area (Å²) in [5.41, 5.74) is 1.35. The Hall–Kier alpha value is -0.430. The third-order valence-corrected chi connectivity index (χ3v) is 7.65. The van der Waals surface area contributed by atoms with Gasteiger partial charge in [0, 0.05) is 0 Å². The third-order valence-electron chi connectivity index (χ3n) is 3.14. The van der Waals surface area contributed by atoms with E-state index in [0.717, 1.165) is 0 Å². The van der Waals surface area contributed by atoms with Gasteiger partial charge in [-0.1, -0.05) is 38.5 Å². The van der Waals surface area contributed by atoms with Gasteiger partial charge >= 0.3 is 0 Å². The first-order valence-electron chi connectivity index (χ1n) is 5.05. The van der Waals surface area contributed by atoms with Gasteiger partial charge in [-0.15, -0.1) is 0 Å². The smallest absolute Gasteiger partial charge is 0.00491 e. The minimum atomic E-state index is -0.693. The van der Waals surface area contributed by atoms with Gasteiger partial charge in [0.15, 0.2) is 0 Å². The van der Waals surface area contributed by atoms with Crippen molar-refractivity contribution in [3.05, 3.63) is 29.8 Å². The van der Waals surface area contributed by atoms with Crippen molar-refractivity contribution in [2.75, 3.05) is 12.5 Å². The van der Waals surface area contributed by atoms with Crippen molar-refractivity contribution in [1.82, 2.24) is 0 Å². The summed E-state index contributed by atoms with van der Waals surface area (Å²) in [4.78, 5) is 1.51. The summed E-state index contributed by atoms with van der Waals surface area (Å²) in [5, 5.41) is 0. The second-order valence-corrected chi connectivity index (χ2v) is 9.60. The number of hydrogen-bond acceptors (Lipinski definition) is 0. The van der Waals surface area contributed by atoms with E-state index in [9.17, 15) is 0 Å². The van der Waals surface area contributed by atoms with Gasteiger partial charge in [0.1, 0.15) is 0 Å². The highest BCUT2D eigenvalue weighted by Crippen LogP contribution is 2.59. The summed E-state index contributed by atoms with van der Waals surface area (Å²) in [6.07, 6.45) is 4.80. The maximum Gasteiger partial charge on any atom is -0.00491 e. The summed E-state index contributed by atoms with van der Waals surface area (Å²) < 4.78 is 0.377. The molecular weight excluding hydrogens is 188 g/mol. The topological polar surface area (TPSA) is 0 Å². The third kappa shape index (κ3) is 2.14.